The standard InChI is InChI=1S/C22H20O13/c1-32-11-4-7(2-3-9(11)24)18-19(14(26)13-10(25)5-8(23)6-12(13)33-18)34-22-17(29)15(27)16(28)20(35-22)21(30)31/h2-6,15-17,20,22-25,27-29H,1H3,(H,30,31)/t15-,16-,17+,20-,22+/m1/s1. The number of carbonyl (C=O) groups is 1. The predicted molar refractivity (Wildman–Crippen MR) is 114 cm³/mol. The number of rotatable bonds is 5. The van der Waals surface area contributed by atoms with Crippen molar-refractivity contribution in [1.82, 2.24) is 0 Å². The van der Waals surface area contributed by atoms with Gasteiger partial charge in [0.25, 0.3) is 0 Å². The van der Waals surface area contributed by atoms with Crippen LogP contribution in [0.3, 0.4) is 0 Å². The maximum Gasteiger partial charge on any atom is 0.335 e. The Balaban J connectivity index is 1.92. The topological polar surface area (TPSA) is 217 Å². The van der Waals surface area contributed by atoms with Crippen LogP contribution in [0.25, 0.3) is 22.3 Å². The largest absolute Gasteiger partial charge is 0.508 e. The Labute approximate surface area is 195 Å². The fraction of sp³-hybridized carbons (Fsp3) is 0.273. The SMILES string of the molecule is COc1cc(-c2oc3cc(O)cc(O)c3c(=O)c2O[C@H]2O[C@@H](C(=O)O)[C@H](O)[C@@H](O)[C@@H]2O)ccc1O. The van der Waals surface area contributed by atoms with E-state index in [1.807, 2.05) is 0 Å². The highest BCUT2D eigenvalue weighted by Gasteiger charge is 2.48. The number of carboxylic acid groups (broad SMARTS) is 1. The fourth-order valence-electron chi connectivity index (χ4n) is 3.65. The molecule has 1 fully saturated rings. The van der Waals surface area contributed by atoms with Gasteiger partial charge in [-0.15, -0.1) is 0 Å². The van der Waals surface area contributed by atoms with Gasteiger partial charge in [-0.2, -0.15) is 0 Å². The summed E-state index contributed by atoms with van der Waals surface area (Å²) in [4.78, 5) is 24.8. The van der Waals surface area contributed by atoms with Crippen molar-refractivity contribution in [2.75, 3.05) is 7.11 Å². The number of aliphatic hydroxyl groups excluding tert-OH is 3. The van der Waals surface area contributed by atoms with E-state index in [9.17, 15) is 45.3 Å². The molecule has 35 heavy (non-hydrogen) atoms. The Hall–Kier alpha value is -4.04. The van der Waals surface area contributed by atoms with Gasteiger partial charge in [0.2, 0.25) is 17.5 Å². The second kappa shape index (κ2) is 8.96. The number of hydrogen-bond acceptors (Lipinski definition) is 12. The lowest BCUT2D eigenvalue weighted by Gasteiger charge is -2.38. The highest BCUT2D eigenvalue weighted by molar-refractivity contribution is 5.88. The van der Waals surface area contributed by atoms with Crippen molar-refractivity contribution in [3.8, 4) is 40.1 Å². The lowest BCUT2D eigenvalue weighted by molar-refractivity contribution is -0.271. The number of fused-ring (bicyclic) bond motifs is 1. The van der Waals surface area contributed by atoms with Crippen molar-refractivity contribution in [3.63, 3.8) is 0 Å². The number of aliphatic hydroxyl groups is 3. The first-order chi connectivity index (χ1) is 16.5. The van der Waals surface area contributed by atoms with Crippen LogP contribution in [0.1, 0.15) is 0 Å². The van der Waals surface area contributed by atoms with E-state index in [2.05, 4.69) is 0 Å². The number of carboxylic acids is 1. The molecule has 1 aliphatic rings. The molecule has 3 aromatic rings. The smallest absolute Gasteiger partial charge is 0.335 e. The molecule has 0 unspecified atom stereocenters. The molecule has 2 aromatic carbocycles. The van der Waals surface area contributed by atoms with Gasteiger partial charge < -0.3 is 54.4 Å². The zero-order chi connectivity index (χ0) is 25.6. The number of phenols is 3. The maximum absolute atomic E-state index is 13.3. The molecule has 0 spiro atoms. The van der Waals surface area contributed by atoms with Crippen molar-refractivity contribution < 1.29 is 59.2 Å². The molecule has 13 heteroatoms. The highest BCUT2D eigenvalue weighted by Crippen LogP contribution is 2.39. The number of methoxy groups -OCH3 is 1. The minimum atomic E-state index is -2.01. The summed E-state index contributed by atoms with van der Waals surface area (Å²) in [5, 5.41) is 69.1. The molecule has 7 N–H and O–H groups in total. The molecule has 186 valence electrons. The normalized spacial score (nSPS) is 24.3. The van der Waals surface area contributed by atoms with Gasteiger partial charge in [-0.3, -0.25) is 4.79 Å². The van der Waals surface area contributed by atoms with Crippen LogP contribution >= 0.6 is 0 Å². The Morgan fingerprint density at radius 3 is 2.34 bits per heavy atom. The Morgan fingerprint density at radius 2 is 1.69 bits per heavy atom. The summed E-state index contributed by atoms with van der Waals surface area (Å²) >= 11 is 0. The van der Waals surface area contributed by atoms with Crippen LogP contribution in [0.15, 0.2) is 39.5 Å². The molecule has 0 saturated carbocycles. The van der Waals surface area contributed by atoms with Crippen LogP contribution in [-0.4, -0.2) is 79.5 Å². The second-order valence-corrected chi connectivity index (χ2v) is 7.67. The van der Waals surface area contributed by atoms with Gasteiger partial charge in [-0.25, -0.2) is 4.79 Å². The third-order valence-electron chi connectivity index (χ3n) is 5.41. The van der Waals surface area contributed by atoms with Gasteiger partial charge in [0.1, 0.15) is 40.8 Å². The summed E-state index contributed by atoms with van der Waals surface area (Å²) in [6.07, 6.45) is -9.97. The molecule has 0 aliphatic carbocycles. The number of ether oxygens (including phenoxy) is 3. The average Bonchev–Trinajstić information content (AvgIpc) is 2.80. The molecule has 1 saturated heterocycles. The van der Waals surface area contributed by atoms with Crippen molar-refractivity contribution in [2.24, 2.45) is 0 Å². The number of phenolic OH excluding ortho intramolecular Hbond substituents is 3. The lowest BCUT2D eigenvalue weighted by atomic mass is 9.99. The van der Waals surface area contributed by atoms with E-state index in [0.717, 1.165) is 12.1 Å². The molecular weight excluding hydrogens is 472 g/mol. The minimum absolute atomic E-state index is 0.0200. The van der Waals surface area contributed by atoms with Gasteiger partial charge in [-0.1, -0.05) is 0 Å². The average molecular weight is 492 g/mol. The molecule has 0 bridgehead atoms. The molecule has 0 radical (unpaired) electrons. The zero-order valence-electron chi connectivity index (χ0n) is 17.9. The summed E-state index contributed by atoms with van der Waals surface area (Å²) in [5.74, 6) is -4.04. The third-order valence-corrected chi connectivity index (χ3v) is 5.41. The monoisotopic (exact) mass is 492 g/mol. The maximum atomic E-state index is 13.3. The van der Waals surface area contributed by atoms with Gasteiger partial charge in [0, 0.05) is 17.7 Å². The quantitative estimate of drug-likeness (QED) is 0.247. The summed E-state index contributed by atoms with van der Waals surface area (Å²) in [5.41, 5.74) is -1.17. The van der Waals surface area contributed by atoms with E-state index in [0.29, 0.717) is 0 Å². The van der Waals surface area contributed by atoms with Crippen LogP contribution in [0.4, 0.5) is 0 Å². The van der Waals surface area contributed by atoms with Gasteiger partial charge >= 0.3 is 5.97 Å². The number of hydrogen-bond donors (Lipinski definition) is 7. The zero-order valence-corrected chi connectivity index (χ0v) is 17.9. The Bertz CT molecular complexity index is 1350. The summed E-state index contributed by atoms with van der Waals surface area (Å²) in [7, 11) is 1.27. The second-order valence-electron chi connectivity index (χ2n) is 7.67. The first-order valence-electron chi connectivity index (χ1n) is 10.0. The first kappa shape index (κ1) is 24.1. The number of aromatic hydroxyl groups is 3. The Kier molecular flexibility index (Phi) is 6.17. The van der Waals surface area contributed by atoms with Gasteiger partial charge in [0.15, 0.2) is 23.4 Å². The summed E-state index contributed by atoms with van der Waals surface area (Å²) in [6.45, 7) is 0. The van der Waals surface area contributed by atoms with Crippen LogP contribution in [0, 0.1) is 0 Å². The van der Waals surface area contributed by atoms with Crippen LogP contribution < -0.4 is 14.9 Å². The predicted octanol–water partition coefficient (Wildman–Crippen LogP) is -0.144. The van der Waals surface area contributed by atoms with Crippen molar-refractivity contribution in [1.29, 1.82) is 0 Å². The first-order valence-corrected chi connectivity index (χ1v) is 10.0. The van der Waals surface area contributed by atoms with Gasteiger partial charge in [-0.05, 0) is 18.2 Å². The van der Waals surface area contributed by atoms with E-state index in [1.54, 1.807) is 0 Å². The van der Waals surface area contributed by atoms with E-state index in [-0.39, 0.29) is 28.4 Å². The van der Waals surface area contributed by atoms with Crippen molar-refractivity contribution in [3.05, 3.63) is 40.6 Å². The van der Waals surface area contributed by atoms with E-state index < -0.39 is 64.7 Å². The molecule has 13 nitrogen and oxygen atoms in total. The molecule has 2 heterocycles. The van der Waals surface area contributed by atoms with Crippen molar-refractivity contribution >= 4 is 16.9 Å². The van der Waals surface area contributed by atoms with Crippen LogP contribution in [-0.2, 0) is 9.53 Å². The molecule has 1 aliphatic heterocycles. The summed E-state index contributed by atoms with van der Waals surface area (Å²) < 4.78 is 21.3. The van der Waals surface area contributed by atoms with Crippen LogP contribution in [0.2, 0.25) is 0 Å². The van der Waals surface area contributed by atoms with E-state index >= 15 is 0 Å². The van der Waals surface area contributed by atoms with Gasteiger partial charge in [0.05, 0.1) is 7.11 Å². The molecule has 4 rings (SSSR count). The lowest BCUT2D eigenvalue weighted by Crippen LogP contribution is -2.61. The van der Waals surface area contributed by atoms with E-state index in [4.69, 9.17) is 18.6 Å². The fourth-order valence-corrected chi connectivity index (χ4v) is 3.65. The molecular formula is C22H20O13. The number of aliphatic carboxylic acids is 1. The molecule has 1 aromatic heterocycles. The number of benzene rings is 2. The van der Waals surface area contributed by atoms with Crippen molar-refractivity contribution in [2.45, 2.75) is 30.7 Å². The minimum Gasteiger partial charge on any atom is -0.508 e. The molecule has 5 atom stereocenters. The van der Waals surface area contributed by atoms with E-state index in [1.165, 1.54) is 25.3 Å². The van der Waals surface area contributed by atoms with Crippen LogP contribution in [0.5, 0.6) is 28.7 Å². The Morgan fingerprint density at radius 1 is 0.971 bits per heavy atom. The third kappa shape index (κ3) is 4.17. The molecule has 0 amide bonds. The summed E-state index contributed by atoms with van der Waals surface area (Å²) in [6, 6.07) is 5.72. The highest BCUT2D eigenvalue weighted by atomic mass is 16.7.